The van der Waals surface area contributed by atoms with Gasteiger partial charge in [0.05, 0.1) is 19.3 Å². The lowest BCUT2D eigenvalue weighted by atomic mass is 10.1. The highest BCUT2D eigenvalue weighted by molar-refractivity contribution is 4.96. The van der Waals surface area contributed by atoms with E-state index in [2.05, 4.69) is 12.2 Å². The molecule has 0 aliphatic heterocycles. The summed E-state index contributed by atoms with van der Waals surface area (Å²) < 4.78 is 10.7. The lowest BCUT2D eigenvalue weighted by molar-refractivity contribution is 0.00971. The van der Waals surface area contributed by atoms with E-state index in [4.69, 9.17) is 9.47 Å². The third-order valence-corrected chi connectivity index (χ3v) is 3.55. The zero-order valence-electron chi connectivity index (χ0n) is 10.6. The molecule has 1 unspecified atom stereocenters. The number of hydrogen-bond donors (Lipinski definition) is 1. The molecule has 2 rings (SSSR count). The number of hydrogen-bond acceptors (Lipinski definition) is 3. The predicted octanol–water partition coefficient (Wildman–Crippen LogP) is 1.82. The average molecular weight is 227 g/mol. The number of ether oxygens (including phenoxy) is 2. The molecule has 3 heteroatoms. The fraction of sp³-hybridized carbons (Fsp3) is 1.00. The highest BCUT2D eigenvalue weighted by atomic mass is 16.5. The Kier molecular flexibility index (Phi) is 4.62. The zero-order valence-corrected chi connectivity index (χ0v) is 10.6. The molecule has 3 nitrogen and oxygen atoms in total. The van der Waals surface area contributed by atoms with Crippen LogP contribution >= 0.6 is 0 Å². The fourth-order valence-corrected chi connectivity index (χ4v) is 2.40. The Hall–Kier alpha value is -0.120. The normalized spacial score (nSPS) is 22.7. The molecule has 16 heavy (non-hydrogen) atoms. The Morgan fingerprint density at radius 3 is 2.31 bits per heavy atom. The van der Waals surface area contributed by atoms with Crippen molar-refractivity contribution in [2.24, 2.45) is 11.8 Å². The SMILES string of the molecule is COCC(C)OCCNC(C1CC1)C1CC1. The Balaban J connectivity index is 1.52. The fourth-order valence-electron chi connectivity index (χ4n) is 2.40. The molecule has 0 amide bonds. The van der Waals surface area contributed by atoms with Crippen molar-refractivity contribution in [2.75, 3.05) is 26.9 Å². The molecule has 2 fully saturated rings. The van der Waals surface area contributed by atoms with Crippen LogP contribution in [0.1, 0.15) is 32.6 Å². The van der Waals surface area contributed by atoms with Gasteiger partial charge in [-0.25, -0.2) is 0 Å². The first-order chi connectivity index (χ1) is 7.81. The van der Waals surface area contributed by atoms with Gasteiger partial charge < -0.3 is 14.8 Å². The van der Waals surface area contributed by atoms with Crippen LogP contribution in [-0.2, 0) is 9.47 Å². The van der Waals surface area contributed by atoms with Gasteiger partial charge in [-0.2, -0.15) is 0 Å². The zero-order chi connectivity index (χ0) is 11.4. The minimum absolute atomic E-state index is 0.215. The summed E-state index contributed by atoms with van der Waals surface area (Å²) in [6.07, 6.45) is 5.97. The largest absolute Gasteiger partial charge is 0.382 e. The van der Waals surface area contributed by atoms with Crippen molar-refractivity contribution in [3.63, 3.8) is 0 Å². The minimum Gasteiger partial charge on any atom is -0.382 e. The van der Waals surface area contributed by atoms with Gasteiger partial charge in [0.2, 0.25) is 0 Å². The summed E-state index contributed by atoms with van der Waals surface area (Å²) in [6, 6.07) is 0.793. The first kappa shape index (κ1) is 12.3. The average Bonchev–Trinajstić information content (AvgIpc) is 3.12. The third kappa shape index (κ3) is 4.04. The summed E-state index contributed by atoms with van der Waals surface area (Å²) in [5.41, 5.74) is 0. The van der Waals surface area contributed by atoms with Crippen LogP contribution in [0.2, 0.25) is 0 Å². The molecule has 0 bridgehead atoms. The molecule has 2 aliphatic rings. The van der Waals surface area contributed by atoms with Crippen molar-refractivity contribution < 1.29 is 9.47 Å². The van der Waals surface area contributed by atoms with E-state index in [-0.39, 0.29) is 6.10 Å². The molecule has 0 radical (unpaired) electrons. The van der Waals surface area contributed by atoms with Crippen molar-refractivity contribution >= 4 is 0 Å². The van der Waals surface area contributed by atoms with E-state index in [0.717, 1.165) is 31.0 Å². The Labute approximate surface area is 98.9 Å². The maximum absolute atomic E-state index is 5.65. The lowest BCUT2D eigenvalue weighted by Crippen LogP contribution is -2.36. The van der Waals surface area contributed by atoms with Crippen molar-refractivity contribution in [3.8, 4) is 0 Å². The molecule has 94 valence electrons. The third-order valence-electron chi connectivity index (χ3n) is 3.55. The summed E-state index contributed by atoms with van der Waals surface area (Å²) >= 11 is 0. The van der Waals surface area contributed by atoms with Gasteiger partial charge in [0, 0.05) is 19.7 Å². The topological polar surface area (TPSA) is 30.5 Å². The molecule has 2 aliphatic carbocycles. The smallest absolute Gasteiger partial charge is 0.0780 e. The lowest BCUT2D eigenvalue weighted by Gasteiger charge is -2.18. The van der Waals surface area contributed by atoms with Gasteiger partial charge in [0.1, 0.15) is 0 Å². The van der Waals surface area contributed by atoms with Crippen LogP contribution in [0.15, 0.2) is 0 Å². The van der Waals surface area contributed by atoms with Gasteiger partial charge >= 0.3 is 0 Å². The molecule has 0 aromatic rings. The Morgan fingerprint density at radius 1 is 1.19 bits per heavy atom. The molecule has 0 spiro atoms. The second kappa shape index (κ2) is 5.99. The van der Waals surface area contributed by atoms with Gasteiger partial charge in [0.15, 0.2) is 0 Å². The Bertz CT molecular complexity index is 190. The standard InChI is InChI=1S/C13H25NO2/c1-10(9-15-2)16-8-7-14-13(11-3-4-11)12-5-6-12/h10-14H,3-9H2,1-2H3. The van der Waals surface area contributed by atoms with Gasteiger partial charge in [0.25, 0.3) is 0 Å². The van der Waals surface area contributed by atoms with E-state index in [1.54, 1.807) is 7.11 Å². The first-order valence-corrected chi connectivity index (χ1v) is 6.65. The van der Waals surface area contributed by atoms with E-state index < -0.39 is 0 Å². The summed E-state index contributed by atoms with van der Waals surface area (Å²) in [4.78, 5) is 0. The van der Waals surface area contributed by atoms with Crippen molar-refractivity contribution in [1.82, 2.24) is 5.32 Å². The number of rotatable bonds is 9. The van der Waals surface area contributed by atoms with Crippen LogP contribution in [0, 0.1) is 11.8 Å². The van der Waals surface area contributed by atoms with Gasteiger partial charge in [-0.15, -0.1) is 0 Å². The van der Waals surface area contributed by atoms with Crippen LogP contribution in [0.3, 0.4) is 0 Å². The molecule has 0 heterocycles. The summed E-state index contributed by atoms with van der Waals surface area (Å²) in [7, 11) is 1.72. The molecular weight excluding hydrogens is 202 g/mol. The van der Waals surface area contributed by atoms with E-state index in [1.165, 1.54) is 25.7 Å². The highest BCUT2D eigenvalue weighted by Gasteiger charge is 2.40. The number of nitrogens with one attached hydrogen (secondary N) is 1. The molecule has 0 aromatic heterocycles. The van der Waals surface area contributed by atoms with E-state index in [9.17, 15) is 0 Å². The molecule has 1 atom stereocenters. The first-order valence-electron chi connectivity index (χ1n) is 6.65. The second-order valence-electron chi connectivity index (χ2n) is 5.29. The predicted molar refractivity (Wildman–Crippen MR) is 64.5 cm³/mol. The van der Waals surface area contributed by atoms with Crippen LogP contribution in [0.5, 0.6) is 0 Å². The maximum Gasteiger partial charge on any atom is 0.0780 e. The van der Waals surface area contributed by atoms with Crippen LogP contribution < -0.4 is 5.32 Å². The van der Waals surface area contributed by atoms with E-state index in [0.29, 0.717) is 6.61 Å². The Morgan fingerprint density at radius 2 is 1.81 bits per heavy atom. The summed E-state index contributed by atoms with van der Waals surface area (Å²) in [5, 5.41) is 3.68. The van der Waals surface area contributed by atoms with Crippen molar-refractivity contribution in [2.45, 2.75) is 44.8 Å². The van der Waals surface area contributed by atoms with Crippen molar-refractivity contribution in [1.29, 1.82) is 0 Å². The molecule has 1 N–H and O–H groups in total. The van der Waals surface area contributed by atoms with E-state index >= 15 is 0 Å². The van der Waals surface area contributed by atoms with Crippen LogP contribution in [-0.4, -0.2) is 39.0 Å². The van der Waals surface area contributed by atoms with Gasteiger partial charge in [-0.05, 0) is 44.4 Å². The monoisotopic (exact) mass is 227 g/mol. The maximum atomic E-state index is 5.65. The number of methoxy groups -OCH3 is 1. The highest BCUT2D eigenvalue weighted by Crippen LogP contribution is 2.44. The molecule has 0 saturated heterocycles. The summed E-state index contributed by atoms with van der Waals surface area (Å²) in [6.45, 7) is 4.55. The van der Waals surface area contributed by atoms with Crippen molar-refractivity contribution in [3.05, 3.63) is 0 Å². The molecular formula is C13H25NO2. The minimum atomic E-state index is 0.215. The summed E-state index contributed by atoms with van der Waals surface area (Å²) in [5.74, 6) is 1.95. The van der Waals surface area contributed by atoms with E-state index in [1.807, 2.05) is 0 Å². The quantitative estimate of drug-likeness (QED) is 0.609. The van der Waals surface area contributed by atoms with Crippen LogP contribution in [0.4, 0.5) is 0 Å². The van der Waals surface area contributed by atoms with Crippen LogP contribution in [0.25, 0.3) is 0 Å². The molecule has 2 saturated carbocycles. The second-order valence-corrected chi connectivity index (χ2v) is 5.29. The molecule has 0 aromatic carbocycles. The van der Waals surface area contributed by atoms with Gasteiger partial charge in [-0.3, -0.25) is 0 Å². The van der Waals surface area contributed by atoms with Gasteiger partial charge in [-0.1, -0.05) is 0 Å².